The number of anilines is 2. The second kappa shape index (κ2) is 8.70. The maximum absolute atomic E-state index is 13.5. The molecule has 2 amide bonds. The topological polar surface area (TPSA) is 58.6 Å². The number of benzene rings is 3. The summed E-state index contributed by atoms with van der Waals surface area (Å²) >= 11 is 1.28. The van der Waals surface area contributed by atoms with Gasteiger partial charge < -0.3 is 10.1 Å². The van der Waals surface area contributed by atoms with Crippen molar-refractivity contribution in [3.05, 3.63) is 94.5 Å². The fourth-order valence-electron chi connectivity index (χ4n) is 3.38. The first-order chi connectivity index (χ1) is 15.0. The van der Waals surface area contributed by atoms with Gasteiger partial charge in [0.15, 0.2) is 0 Å². The molecule has 1 aliphatic rings. The van der Waals surface area contributed by atoms with Gasteiger partial charge in [-0.15, -0.1) is 0 Å². The molecule has 0 saturated carbocycles. The highest BCUT2D eigenvalue weighted by molar-refractivity contribution is 8.04. The van der Waals surface area contributed by atoms with E-state index in [2.05, 4.69) is 5.32 Å². The molecule has 6 heteroatoms. The Morgan fingerprint density at radius 1 is 0.839 bits per heavy atom. The van der Waals surface area contributed by atoms with Crippen molar-refractivity contribution in [3.63, 3.8) is 0 Å². The number of ether oxygens (including phenoxy) is 1. The van der Waals surface area contributed by atoms with E-state index in [1.165, 1.54) is 23.8 Å². The zero-order chi connectivity index (χ0) is 22.0. The van der Waals surface area contributed by atoms with Gasteiger partial charge >= 0.3 is 0 Å². The van der Waals surface area contributed by atoms with Crippen LogP contribution in [-0.4, -0.2) is 18.9 Å². The Kier molecular flexibility index (Phi) is 5.82. The number of para-hydroxylation sites is 2. The molecule has 1 aliphatic heterocycles. The van der Waals surface area contributed by atoms with Gasteiger partial charge in [0.2, 0.25) is 0 Å². The van der Waals surface area contributed by atoms with Gasteiger partial charge in [-0.25, -0.2) is 4.90 Å². The summed E-state index contributed by atoms with van der Waals surface area (Å²) < 4.78 is 5.40. The molecule has 3 aromatic carbocycles. The Labute approximate surface area is 185 Å². The second-order valence-corrected chi connectivity index (χ2v) is 8.19. The summed E-state index contributed by atoms with van der Waals surface area (Å²) in [5, 5.41) is 3.24. The van der Waals surface area contributed by atoms with E-state index < -0.39 is 5.91 Å². The molecule has 4 rings (SSSR count). The minimum Gasteiger partial charge on any atom is -0.495 e. The Morgan fingerprint density at radius 3 is 2.29 bits per heavy atom. The average molecular weight is 431 g/mol. The van der Waals surface area contributed by atoms with E-state index in [0.717, 1.165) is 21.7 Å². The van der Waals surface area contributed by atoms with Crippen molar-refractivity contribution in [3.8, 4) is 5.75 Å². The Morgan fingerprint density at radius 2 is 1.55 bits per heavy atom. The van der Waals surface area contributed by atoms with Crippen molar-refractivity contribution in [1.82, 2.24) is 0 Å². The molecule has 1 N–H and O–H groups in total. The minimum absolute atomic E-state index is 0.262. The highest BCUT2D eigenvalue weighted by Crippen LogP contribution is 2.40. The summed E-state index contributed by atoms with van der Waals surface area (Å²) in [5.74, 6) is -0.328. The van der Waals surface area contributed by atoms with Crippen molar-refractivity contribution in [2.24, 2.45) is 0 Å². The molecule has 3 aromatic rings. The predicted molar refractivity (Wildman–Crippen MR) is 124 cm³/mol. The minimum atomic E-state index is -0.408. The molecule has 31 heavy (non-hydrogen) atoms. The molecule has 0 bridgehead atoms. The quantitative estimate of drug-likeness (QED) is 0.538. The SMILES string of the molecule is COc1ccccc1N1C(=O)C(Nc2cccc(C)c2C)=C(Sc2ccccc2)C1=O. The molecule has 5 nitrogen and oxygen atoms in total. The standard InChI is InChI=1S/C25H22N2O3S/c1-16-10-9-13-19(17(16)2)26-22-23(31-18-11-5-4-6-12-18)25(29)27(24(22)28)20-14-7-8-15-21(20)30-3/h4-15,26H,1-3H3. The summed E-state index contributed by atoms with van der Waals surface area (Å²) in [6.45, 7) is 4.00. The molecule has 0 saturated heterocycles. The van der Waals surface area contributed by atoms with Gasteiger partial charge in [-0.3, -0.25) is 9.59 Å². The van der Waals surface area contributed by atoms with E-state index in [1.54, 1.807) is 24.3 Å². The Bertz CT molecular complexity index is 1190. The lowest BCUT2D eigenvalue weighted by atomic mass is 10.1. The van der Waals surface area contributed by atoms with Gasteiger partial charge in [0, 0.05) is 10.6 Å². The Balaban J connectivity index is 1.80. The van der Waals surface area contributed by atoms with Crippen LogP contribution in [0.25, 0.3) is 0 Å². The van der Waals surface area contributed by atoms with Crippen molar-refractivity contribution < 1.29 is 14.3 Å². The number of amides is 2. The Hall–Kier alpha value is -3.51. The lowest BCUT2D eigenvalue weighted by Crippen LogP contribution is -2.32. The van der Waals surface area contributed by atoms with Crippen molar-refractivity contribution in [2.45, 2.75) is 18.7 Å². The smallest absolute Gasteiger partial charge is 0.283 e. The van der Waals surface area contributed by atoms with Crippen LogP contribution in [0.3, 0.4) is 0 Å². The number of carbonyl (C=O) groups excluding carboxylic acids is 2. The van der Waals surface area contributed by atoms with Crippen LogP contribution in [0.1, 0.15) is 11.1 Å². The number of thioether (sulfide) groups is 1. The molecule has 0 aromatic heterocycles. The van der Waals surface area contributed by atoms with E-state index in [4.69, 9.17) is 4.74 Å². The number of hydrogen-bond donors (Lipinski definition) is 1. The monoisotopic (exact) mass is 430 g/mol. The number of hydrogen-bond acceptors (Lipinski definition) is 5. The summed E-state index contributed by atoms with van der Waals surface area (Å²) in [7, 11) is 1.52. The first-order valence-corrected chi connectivity index (χ1v) is 10.6. The number of imide groups is 1. The molecule has 0 spiro atoms. The van der Waals surface area contributed by atoms with Gasteiger partial charge in [-0.1, -0.05) is 54.2 Å². The maximum Gasteiger partial charge on any atom is 0.283 e. The van der Waals surface area contributed by atoms with Gasteiger partial charge in [-0.2, -0.15) is 0 Å². The van der Waals surface area contributed by atoms with Crippen LogP contribution in [0.15, 0.2) is 88.3 Å². The highest BCUT2D eigenvalue weighted by atomic mass is 32.2. The van der Waals surface area contributed by atoms with E-state index in [9.17, 15) is 9.59 Å². The maximum atomic E-state index is 13.5. The van der Waals surface area contributed by atoms with Crippen LogP contribution >= 0.6 is 11.8 Å². The second-order valence-electron chi connectivity index (χ2n) is 7.11. The summed E-state index contributed by atoms with van der Waals surface area (Å²) in [6, 6.07) is 22.4. The number of aryl methyl sites for hydroxylation is 1. The van der Waals surface area contributed by atoms with Crippen LogP contribution < -0.4 is 15.0 Å². The van der Waals surface area contributed by atoms with E-state index in [0.29, 0.717) is 16.3 Å². The van der Waals surface area contributed by atoms with Crippen molar-refractivity contribution in [1.29, 1.82) is 0 Å². The van der Waals surface area contributed by atoms with Crippen LogP contribution in [0.2, 0.25) is 0 Å². The molecule has 0 atom stereocenters. The fraction of sp³-hybridized carbons (Fsp3) is 0.120. The summed E-state index contributed by atoms with van der Waals surface area (Å²) in [5.41, 5.74) is 3.60. The van der Waals surface area contributed by atoms with E-state index >= 15 is 0 Å². The van der Waals surface area contributed by atoms with Gasteiger partial charge in [0.25, 0.3) is 11.8 Å². The zero-order valence-corrected chi connectivity index (χ0v) is 18.3. The molecular weight excluding hydrogens is 408 g/mol. The molecule has 1 heterocycles. The summed E-state index contributed by atoms with van der Waals surface area (Å²) in [6.07, 6.45) is 0. The molecule has 0 aliphatic carbocycles. The molecule has 0 fully saturated rings. The average Bonchev–Trinajstić information content (AvgIpc) is 3.01. The highest BCUT2D eigenvalue weighted by Gasteiger charge is 2.41. The third-order valence-electron chi connectivity index (χ3n) is 5.19. The number of nitrogens with zero attached hydrogens (tertiary/aromatic N) is 1. The largest absolute Gasteiger partial charge is 0.495 e. The molecular formula is C25H22N2O3S. The van der Waals surface area contributed by atoms with Gasteiger partial charge in [-0.05, 0) is 55.3 Å². The molecule has 0 radical (unpaired) electrons. The third kappa shape index (κ3) is 3.94. The number of rotatable bonds is 6. The van der Waals surface area contributed by atoms with Crippen LogP contribution in [0.5, 0.6) is 5.75 Å². The van der Waals surface area contributed by atoms with Crippen LogP contribution in [0.4, 0.5) is 11.4 Å². The van der Waals surface area contributed by atoms with Gasteiger partial charge in [0.1, 0.15) is 16.4 Å². The fourth-order valence-corrected chi connectivity index (χ4v) is 4.32. The number of carbonyl (C=O) groups is 2. The molecule has 156 valence electrons. The first kappa shape index (κ1) is 20.8. The zero-order valence-electron chi connectivity index (χ0n) is 17.5. The van der Waals surface area contributed by atoms with Crippen LogP contribution in [-0.2, 0) is 9.59 Å². The van der Waals surface area contributed by atoms with Crippen molar-refractivity contribution in [2.75, 3.05) is 17.3 Å². The first-order valence-electron chi connectivity index (χ1n) is 9.83. The number of methoxy groups -OCH3 is 1. The van der Waals surface area contributed by atoms with Crippen molar-refractivity contribution >= 4 is 35.0 Å². The third-order valence-corrected chi connectivity index (χ3v) is 6.29. The van der Waals surface area contributed by atoms with E-state index in [1.807, 2.05) is 62.4 Å². The van der Waals surface area contributed by atoms with Crippen LogP contribution in [0, 0.1) is 13.8 Å². The van der Waals surface area contributed by atoms with Gasteiger partial charge in [0.05, 0.1) is 12.8 Å². The molecule has 0 unspecified atom stereocenters. The van der Waals surface area contributed by atoms with E-state index in [-0.39, 0.29) is 11.6 Å². The number of nitrogens with one attached hydrogen (secondary N) is 1. The lowest BCUT2D eigenvalue weighted by molar-refractivity contribution is -0.120. The normalized spacial score (nSPS) is 13.7. The predicted octanol–water partition coefficient (Wildman–Crippen LogP) is 5.30. The lowest BCUT2D eigenvalue weighted by Gasteiger charge is -2.18. The summed E-state index contributed by atoms with van der Waals surface area (Å²) in [4.78, 5) is 29.4.